The molecule has 0 spiro atoms. The Morgan fingerprint density at radius 1 is 1.38 bits per heavy atom. The highest BCUT2D eigenvalue weighted by molar-refractivity contribution is 5.13. The minimum Gasteiger partial charge on any atom is -0.269 e. The smallest absolute Gasteiger partial charge is 0.269 e. The molecular weight excluding hydrogens is 181 g/mol. The summed E-state index contributed by atoms with van der Waals surface area (Å²) in [5.74, 6) is 0. The van der Waals surface area contributed by atoms with Gasteiger partial charge in [0.1, 0.15) is 0 Å². The van der Waals surface area contributed by atoms with Gasteiger partial charge < -0.3 is 0 Å². The Kier molecular flexibility index (Phi) is 2.63. The van der Waals surface area contributed by atoms with Crippen molar-refractivity contribution in [1.82, 2.24) is 9.78 Å². The van der Waals surface area contributed by atoms with Crippen LogP contribution in [0, 0.1) is 0 Å². The second-order valence-electron chi connectivity index (χ2n) is 2.69. The molecule has 0 unspecified atom stereocenters. The van der Waals surface area contributed by atoms with Crippen molar-refractivity contribution in [2.24, 2.45) is 0 Å². The number of halogens is 3. The molecule has 74 valence electrons. The van der Waals surface area contributed by atoms with Gasteiger partial charge in [0.15, 0.2) is 5.69 Å². The molecule has 0 atom stereocenters. The molecule has 0 aliphatic rings. The van der Waals surface area contributed by atoms with Crippen molar-refractivity contribution >= 4 is 0 Å². The van der Waals surface area contributed by atoms with Crippen LogP contribution < -0.4 is 0 Å². The first-order chi connectivity index (χ1) is 5.99. The van der Waals surface area contributed by atoms with E-state index < -0.39 is 11.9 Å². The van der Waals surface area contributed by atoms with Crippen LogP contribution in [0.15, 0.2) is 6.07 Å². The Labute approximate surface area is 74.4 Å². The maximum atomic E-state index is 12.2. The molecule has 0 radical (unpaired) electrons. The fourth-order valence-corrected chi connectivity index (χ4v) is 1.15. The first-order valence-corrected chi connectivity index (χ1v) is 4.13. The second kappa shape index (κ2) is 3.40. The monoisotopic (exact) mass is 192 g/mol. The summed E-state index contributed by atoms with van der Waals surface area (Å²) in [5, 5.41) is 3.46. The lowest BCUT2D eigenvalue weighted by Gasteiger charge is -2.00. The van der Waals surface area contributed by atoms with Gasteiger partial charge >= 0.3 is 6.18 Å². The summed E-state index contributed by atoms with van der Waals surface area (Å²) in [4.78, 5) is 0. The van der Waals surface area contributed by atoms with E-state index in [2.05, 4.69) is 5.10 Å². The molecule has 0 saturated carbocycles. The number of rotatable bonds is 2. The van der Waals surface area contributed by atoms with Crippen molar-refractivity contribution in [3.63, 3.8) is 0 Å². The maximum absolute atomic E-state index is 12.2. The maximum Gasteiger partial charge on any atom is 0.435 e. The number of nitrogens with zero attached hydrogens (tertiary/aromatic N) is 2. The zero-order valence-electron chi connectivity index (χ0n) is 7.52. The van der Waals surface area contributed by atoms with Crippen LogP contribution in [-0.2, 0) is 19.1 Å². The van der Waals surface area contributed by atoms with E-state index in [1.807, 2.05) is 6.92 Å². The van der Waals surface area contributed by atoms with Crippen molar-refractivity contribution in [2.45, 2.75) is 33.0 Å². The van der Waals surface area contributed by atoms with Gasteiger partial charge in [-0.15, -0.1) is 0 Å². The van der Waals surface area contributed by atoms with Crippen molar-refractivity contribution < 1.29 is 13.2 Å². The Balaban J connectivity index is 3.07. The Morgan fingerprint density at radius 3 is 2.31 bits per heavy atom. The summed E-state index contributed by atoms with van der Waals surface area (Å²) >= 11 is 0. The van der Waals surface area contributed by atoms with Crippen LogP contribution in [0.1, 0.15) is 25.2 Å². The molecule has 0 amide bonds. The molecule has 2 nitrogen and oxygen atoms in total. The molecule has 0 fully saturated rings. The standard InChI is InChI=1S/C8H11F3N2/c1-3-6-5-7(8(9,10)11)12-13(6)4-2/h5H,3-4H2,1-2H3. The Hall–Kier alpha value is -1.00. The molecule has 0 aliphatic carbocycles. The topological polar surface area (TPSA) is 17.8 Å². The van der Waals surface area contributed by atoms with Crippen LogP contribution >= 0.6 is 0 Å². The first-order valence-electron chi connectivity index (χ1n) is 4.13. The summed E-state index contributed by atoms with van der Waals surface area (Å²) in [7, 11) is 0. The summed E-state index contributed by atoms with van der Waals surface area (Å²) in [6.45, 7) is 4.05. The van der Waals surface area contributed by atoms with Crippen molar-refractivity contribution in [2.75, 3.05) is 0 Å². The van der Waals surface area contributed by atoms with Crippen LogP contribution in [0.25, 0.3) is 0 Å². The highest BCUT2D eigenvalue weighted by Crippen LogP contribution is 2.28. The van der Waals surface area contributed by atoms with Gasteiger partial charge in [0.25, 0.3) is 0 Å². The van der Waals surface area contributed by atoms with E-state index in [-0.39, 0.29) is 0 Å². The van der Waals surface area contributed by atoms with E-state index >= 15 is 0 Å². The average Bonchev–Trinajstić information content (AvgIpc) is 2.45. The average molecular weight is 192 g/mol. The third-order valence-corrected chi connectivity index (χ3v) is 1.82. The predicted octanol–water partition coefficient (Wildman–Crippen LogP) is 2.48. The quantitative estimate of drug-likeness (QED) is 0.703. The van der Waals surface area contributed by atoms with Gasteiger partial charge in [-0.3, -0.25) is 4.68 Å². The third kappa shape index (κ3) is 2.02. The van der Waals surface area contributed by atoms with Gasteiger partial charge in [-0.25, -0.2) is 0 Å². The first kappa shape index (κ1) is 10.1. The summed E-state index contributed by atoms with van der Waals surface area (Å²) in [6.07, 6.45) is -3.76. The summed E-state index contributed by atoms with van der Waals surface area (Å²) < 4.78 is 37.9. The number of aryl methyl sites for hydroxylation is 2. The lowest BCUT2D eigenvalue weighted by atomic mass is 10.3. The summed E-state index contributed by atoms with van der Waals surface area (Å²) in [6, 6.07) is 1.10. The third-order valence-electron chi connectivity index (χ3n) is 1.82. The molecule has 1 rings (SSSR count). The lowest BCUT2D eigenvalue weighted by molar-refractivity contribution is -0.141. The minimum absolute atomic E-state index is 0.471. The Bertz CT molecular complexity index is 267. The van der Waals surface area contributed by atoms with E-state index in [4.69, 9.17) is 0 Å². The lowest BCUT2D eigenvalue weighted by Crippen LogP contribution is -2.07. The van der Waals surface area contributed by atoms with Gasteiger partial charge in [-0.1, -0.05) is 6.92 Å². The van der Waals surface area contributed by atoms with Gasteiger partial charge in [0.2, 0.25) is 0 Å². The van der Waals surface area contributed by atoms with Crippen LogP contribution in [0.4, 0.5) is 13.2 Å². The van der Waals surface area contributed by atoms with Gasteiger partial charge in [-0.05, 0) is 19.4 Å². The molecule has 0 aromatic carbocycles. The molecule has 0 N–H and O–H groups in total. The van der Waals surface area contributed by atoms with Crippen LogP contribution in [0.3, 0.4) is 0 Å². The number of hydrogen-bond donors (Lipinski definition) is 0. The highest BCUT2D eigenvalue weighted by atomic mass is 19.4. The number of aromatic nitrogens is 2. The molecule has 1 aromatic rings. The molecule has 13 heavy (non-hydrogen) atoms. The van der Waals surface area contributed by atoms with Crippen LogP contribution in [-0.4, -0.2) is 9.78 Å². The molecule has 5 heteroatoms. The number of hydrogen-bond acceptors (Lipinski definition) is 1. The fourth-order valence-electron chi connectivity index (χ4n) is 1.15. The SMILES string of the molecule is CCc1cc(C(F)(F)F)nn1CC. The van der Waals surface area contributed by atoms with Gasteiger partial charge in [0.05, 0.1) is 0 Å². The van der Waals surface area contributed by atoms with Crippen molar-refractivity contribution in [3.8, 4) is 0 Å². The van der Waals surface area contributed by atoms with E-state index in [1.165, 1.54) is 4.68 Å². The van der Waals surface area contributed by atoms with Gasteiger partial charge in [0, 0.05) is 12.2 Å². The molecule has 0 aliphatic heterocycles. The van der Waals surface area contributed by atoms with E-state index in [9.17, 15) is 13.2 Å². The normalized spacial score (nSPS) is 12.1. The molecule has 0 saturated heterocycles. The predicted molar refractivity (Wildman–Crippen MR) is 42.3 cm³/mol. The highest BCUT2D eigenvalue weighted by Gasteiger charge is 2.34. The van der Waals surface area contributed by atoms with E-state index in [1.54, 1.807) is 6.92 Å². The second-order valence-corrected chi connectivity index (χ2v) is 2.69. The zero-order valence-corrected chi connectivity index (χ0v) is 7.52. The molecule has 1 heterocycles. The fraction of sp³-hybridized carbons (Fsp3) is 0.625. The van der Waals surface area contributed by atoms with Crippen LogP contribution in [0.5, 0.6) is 0 Å². The van der Waals surface area contributed by atoms with Crippen molar-refractivity contribution in [3.05, 3.63) is 17.5 Å². The van der Waals surface area contributed by atoms with E-state index in [0.29, 0.717) is 18.7 Å². The van der Waals surface area contributed by atoms with E-state index in [0.717, 1.165) is 6.07 Å². The van der Waals surface area contributed by atoms with Crippen LogP contribution in [0.2, 0.25) is 0 Å². The minimum atomic E-state index is -4.33. The number of alkyl halides is 3. The zero-order chi connectivity index (χ0) is 10.1. The molecule has 0 bridgehead atoms. The van der Waals surface area contributed by atoms with Crippen molar-refractivity contribution in [1.29, 1.82) is 0 Å². The largest absolute Gasteiger partial charge is 0.435 e. The molecule has 1 aromatic heterocycles. The summed E-state index contributed by atoms with van der Waals surface area (Å²) in [5.41, 5.74) is -0.180. The van der Waals surface area contributed by atoms with Gasteiger partial charge in [-0.2, -0.15) is 18.3 Å². The molecular formula is C8H11F3N2. The Morgan fingerprint density at radius 2 is 2.00 bits per heavy atom.